The predicted octanol–water partition coefficient (Wildman–Crippen LogP) is 4.49. The zero-order valence-electron chi connectivity index (χ0n) is 11.8. The van der Waals surface area contributed by atoms with Crippen molar-refractivity contribution in [1.82, 2.24) is 0 Å². The number of ether oxygens (including phenoxy) is 2. The van der Waals surface area contributed by atoms with Crippen LogP contribution in [0.3, 0.4) is 0 Å². The standard InChI is InChI=1S/C15H11I3O5/c1-22-14-11(17)5-10(16)9(13(14)18)6-23-7-2-3-8(15(20)21)12(19)4-7/h2-5,19H,6H2,1H3,(H,20,21). The molecule has 0 aliphatic carbocycles. The third-order valence-electron chi connectivity index (χ3n) is 3.01. The van der Waals surface area contributed by atoms with Crippen LogP contribution in [0.5, 0.6) is 17.2 Å². The second-order valence-corrected chi connectivity index (χ2v) is 7.84. The van der Waals surface area contributed by atoms with E-state index in [1.165, 1.54) is 18.2 Å². The maximum atomic E-state index is 10.9. The zero-order valence-corrected chi connectivity index (χ0v) is 18.2. The number of rotatable bonds is 5. The fraction of sp³-hybridized carbons (Fsp3) is 0.133. The molecule has 0 atom stereocenters. The van der Waals surface area contributed by atoms with Crippen molar-refractivity contribution in [2.75, 3.05) is 7.11 Å². The van der Waals surface area contributed by atoms with E-state index < -0.39 is 5.97 Å². The Kier molecular flexibility index (Phi) is 6.59. The molecule has 0 radical (unpaired) electrons. The van der Waals surface area contributed by atoms with Crippen molar-refractivity contribution < 1.29 is 24.5 Å². The third kappa shape index (κ3) is 4.32. The van der Waals surface area contributed by atoms with E-state index in [-0.39, 0.29) is 17.9 Å². The molecule has 2 aromatic rings. The number of carbonyl (C=O) groups is 1. The molecular weight excluding hydrogens is 641 g/mol. The second kappa shape index (κ2) is 8.05. The van der Waals surface area contributed by atoms with Crippen LogP contribution in [0.25, 0.3) is 0 Å². The molecule has 0 saturated carbocycles. The molecule has 0 aromatic heterocycles. The van der Waals surface area contributed by atoms with Crippen LogP contribution in [0, 0.1) is 10.7 Å². The zero-order chi connectivity index (χ0) is 17.1. The predicted molar refractivity (Wildman–Crippen MR) is 111 cm³/mol. The highest BCUT2D eigenvalue weighted by Crippen LogP contribution is 2.34. The minimum absolute atomic E-state index is 0.155. The molecule has 0 unspecified atom stereocenters. The van der Waals surface area contributed by atoms with Crippen LogP contribution in [0.15, 0.2) is 24.3 Å². The lowest BCUT2D eigenvalue weighted by Crippen LogP contribution is -2.04. The summed E-state index contributed by atoms with van der Waals surface area (Å²) in [4.78, 5) is 10.9. The first-order chi connectivity index (χ1) is 10.8. The van der Waals surface area contributed by atoms with Crippen LogP contribution < -0.4 is 9.47 Å². The van der Waals surface area contributed by atoms with Gasteiger partial charge in [-0.25, -0.2) is 4.79 Å². The van der Waals surface area contributed by atoms with Gasteiger partial charge in [0.05, 0.1) is 14.3 Å². The van der Waals surface area contributed by atoms with Gasteiger partial charge in [0, 0.05) is 15.2 Å². The number of phenols is 1. The van der Waals surface area contributed by atoms with Crippen molar-refractivity contribution in [3.05, 3.63) is 46.1 Å². The summed E-state index contributed by atoms with van der Waals surface area (Å²) in [6, 6.07) is 6.14. The minimum atomic E-state index is -1.18. The molecule has 0 bridgehead atoms. The van der Waals surface area contributed by atoms with E-state index in [0.717, 1.165) is 22.0 Å². The molecule has 2 rings (SSSR count). The maximum absolute atomic E-state index is 10.9. The van der Waals surface area contributed by atoms with E-state index in [9.17, 15) is 9.90 Å². The van der Waals surface area contributed by atoms with Gasteiger partial charge in [0.15, 0.2) is 0 Å². The second-order valence-electron chi connectivity index (χ2n) is 4.44. The lowest BCUT2D eigenvalue weighted by molar-refractivity contribution is 0.0693. The lowest BCUT2D eigenvalue weighted by atomic mass is 10.2. The number of hydrogen-bond acceptors (Lipinski definition) is 4. The van der Waals surface area contributed by atoms with Gasteiger partial charge < -0.3 is 19.7 Å². The number of benzene rings is 2. The molecule has 0 heterocycles. The number of aromatic hydroxyl groups is 1. The van der Waals surface area contributed by atoms with Crippen LogP contribution in [-0.4, -0.2) is 23.3 Å². The molecule has 2 aromatic carbocycles. The molecule has 0 aliphatic rings. The largest absolute Gasteiger partial charge is 0.507 e. The van der Waals surface area contributed by atoms with Crippen molar-refractivity contribution >= 4 is 73.7 Å². The molecule has 122 valence electrons. The summed E-state index contributed by atoms with van der Waals surface area (Å²) in [5.41, 5.74) is 0.822. The Labute approximate surface area is 173 Å². The number of hydrogen-bond donors (Lipinski definition) is 2. The van der Waals surface area contributed by atoms with Gasteiger partial charge in [-0.2, -0.15) is 0 Å². The minimum Gasteiger partial charge on any atom is -0.507 e. The van der Waals surface area contributed by atoms with Crippen LogP contribution in [0.4, 0.5) is 0 Å². The Morgan fingerprint density at radius 3 is 2.43 bits per heavy atom. The number of carboxylic acids is 1. The van der Waals surface area contributed by atoms with Crippen molar-refractivity contribution in [3.63, 3.8) is 0 Å². The molecule has 0 fully saturated rings. The molecule has 8 heteroatoms. The summed E-state index contributed by atoms with van der Waals surface area (Å²) < 4.78 is 14.1. The normalized spacial score (nSPS) is 10.4. The maximum Gasteiger partial charge on any atom is 0.339 e. The highest BCUT2D eigenvalue weighted by Gasteiger charge is 2.16. The van der Waals surface area contributed by atoms with Gasteiger partial charge in [-0.15, -0.1) is 0 Å². The average molecular weight is 652 g/mol. The Morgan fingerprint density at radius 1 is 1.17 bits per heavy atom. The quantitative estimate of drug-likeness (QED) is 0.467. The first-order valence-corrected chi connectivity index (χ1v) is 9.48. The van der Waals surface area contributed by atoms with E-state index in [1.807, 2.05) is 6.07 Å². The van der Waals surface area contributed by atoms with Crippen molar-refractivity contribution in [2.45, 2.75) is 6.61 Å². The van der Waals surface area contributed by atoms with E-state index in [0.29, 0.717) is 5.75 Å². The number of halogens is 3. The average Bonchev–Trinajstić information content (AvgIpc) is 2.46. The van der Waals surface area contributed by atoms with Gasteiger partial charge in [0.1, 0.15) is 29.4 Å². The van der Waals surface area contributed by atoms with Gasteiger partial charge in [0.2, 0.25) is 0 Å². The van der Waals surface area contributed by atoms with E-state index in [2.05, 4.69) is 67.8 Å². The van der Waals surface area contributed by atoms with Crippen LogP contribution in [0.2, 0.25) is 0 Å². The van der Waals surface area contributed by atoms with E-state index >= 15 is 0 Å². The number of aromatic carboxylic acids is 1. The van der Waals surface area contributed by atoms with Gasteiger partial charge in [-0.3, -0.25) is 0 Å². The molecule has 5 nitrogen and oxygen atoms in total. The fourth-order valence-corrected chi connectivity index (χ4v) is 5.99. The number of methoxy groups -OCH3 is 1. The third-order valence-corrected chi connectivity index (χ3v) is 5.91. The van der Waals surface area contributed by atoms with Crippen LogP contribution in [-0.2, 0) is 6.61 Å². The summed E-state index contributed by atoms with van der Waals surface area (Å²) in [7, 11) is 1.62. The van der Waals surface area contributed by atoms with Gasteiger partial charge >= 0.3 is 5.97 Å². The fourth-order valence-electron chi connectivity index (χ4n) is 1.87. The molecule has 0 saturated heterocycles. The topological polar surface area (TPSA) is 76.0 Å². The monoisotopic (exact) mass is 652 g/mol. The first-order valence-electron chi connectivity index (χ1n) is 6.24. The molecule has 0 amide bonds. The van der Waals surface area contributed by atoms with Gasteiger partial charge in [0.25, 0.3) is 0 Å². The smallest absolute Gasteiger partial charge is 0.339 e. The van der Waals surface area contributed by atoms with E-state index in [4.69, 9.17) is 14.6 Å². The summed E-state index contributed by atoms with van der Waals surface area (Å²) in [5, 5.41) is 18.6. The molecular formula is C15H11I3O5. The van der Waals surface area contributed by atoms with Crippen LogP contribution >= 0.6 is 67.8 Å². The molecule has 23 heavy (non-hydrogen) atoms. The van der Waals surface area contributed by atoms with Crippen molar-refractivity contribution in [2.24, 2.45) is 0 Å². The van der Waals surface area contributed by atoms with E-state index in [1.54, 1.807) is 7.11 Å². The number of carboxylic acid groups (broad SMARTS) is 1. The lowest BCUT2D eigenvalue weighted by Gasteiger charge is -2.14. The molecule has 2 N–H and O–H groups in total. The Morgan fingerprint density at radius 2 is 1.87 bits per heavy atom. The summed E-state index contributed by atoms with van der Waals surface area (Å²) in [6.45, 7) is 0.287. The summed E-state index contributed by atoms with van der Waals surface area (Å²) >= 11 is 6.67. The van der Waals surface area contributed by atoms with Crippen molar-refractivity contribution in [1.29, 1.82) is 0 Å². The Bertz CT molecular complexity index is 761. The summed E-state index contributed by atoms with van der Waals surface area (Å²) in [5.74, 6) is -0.300. The SMILES string of the molecule is COc1c(I)cc(I)c(COc2ccc(C(=O)O)c(O)c2)c1I. The molecule has 0 spiro atoms. The van der Waals surface area contributed by atoms with Gasteiger partial charge in [-0.1, -0.05) is 0 Å². The van der Waals surface area contributed by atoms with Crippen LogP contribution in [0.1, 0.15) is 15.9 Å². The molecule has 0 aliphatic heterocycles. The highest BCUT2D eigenvalue weighted by atomic mass is 127. The Hall–Kier alpha value is -0.500. The Balaban J connectivity index is 2.25. The highest BCUT2D eigenvalue weighted by molar-refractivity contribution is 14.1. The van der Waals surface area contributed by atoms with Gasteiger partial charge in [-0.05, 0) is 86.0 Å². The summed E-state index contributed by atoms with van der Waals surface area (Å²) in [6.07, 6.45) is 0. The van der Waals surface area contributed by atoms with Crippen molar-refractivity contribution in [3.8, 4) is 17.2 Å². The first kappa shape index (κ1) is 18.8.